The zero-order chi connectivity index (χ0) is 20.6. The zero-order valence-corrected chi connectivity index (χ0v) is 15.2. The average molecular weight is 401 g/mol. The molecule has 152 valence electrons. The van der Waals surface area contributed by atoms with Crippen molar-refractivity contribution in [1.82, 2.24) is 4.90 Å². The van der Waals surface area contributed by atoms with Crippen LogP contribution in [0.4, 0.5) is 0 Å². The second kappa shape index (κ2) is 7.44. The van der Waals surface area contributed by atoms with Gasteiger partial charge in [0.2, 0.25) is 5.78 Å². The molecule has 4 atom stereocenters. The number of hydrogen-bond donors (Lipinski definition) is 3. The van der Waals surface area contributed by atoms with Crippen molar-refractivity contribution < 1.29 is 29.3 Å². The molecule has 0 radical (unpaired) electrons. The Morgan fingerprint density at radius 2 is 2.14 bits per heavy atom. The number of fused-ring (bicyclic) bond motifs is 1. The summed E-state index contributed by atoms with van der Waals surface area (Å²) in [6.45, 7) is -0.844. The molecule has 1 fully saturated rings. The van der Waals surface area contributed by atoms with Gasteiger partial charge in [-0.25, -0.2) is 9.98 Å². The van der Waals surface area contributed by atoms with E-state index in [1.807, 2.05) is 0 Å². The highest BCUT2D eigenvalue weighted by atomic mass is 16.5. The molecule has 3 aliphatic heterocycles. The van der Waals surface area contributed by atoms with E-state index in [0.717, 1.165) is 6.34 Å². The fourth-order valence-electron chi connectivity index (χ4n) is 3.38. The van der Waals surface area contributed by atoms with E-state index in [-0.39, 0.29) is 18.0 Å². The van der Waals surface area contributed by atoms with E-state index in [0.29, 0.717) is 5.75 Å². The van der Waals surface area contributed by atoms with Crippen LogP contribution in [0.15, 0.2) is 45.3 Å². The minimum Gasteiger partial charge on any atom is -0.486 e. The minimum atomic E-state index is -2.04. The summed E-state index contributed by atoms with van der Waals surface area (Å²) < 4.78 is 11.1. The largest absolute Gasteiger partial charge is 0.486 e. The summed E-state index contributed by atoms with van der Waals surface area (Å²) in [5.74, 6) is -2.90. The van der Waals surface area contributed by atoms with Gasteiger partial charge >= 0.3 is 5.91 Å². The lowest BCUT2D eigenvalue weighted by molar-refractivity contribution is -0.138. The molecule has 1 unspecified atom stereocenters. The molecule has 0 bridgehead atoms. The number of benzene rings is 1. The first-order valence-corrected chi connectivity index (χ1v) is 8.92. The molecule has 11 heteroatoms. The maximum Gasteiger partial charge on any atom is 0.300 e. The summed E-state index contributed by atoms with van der Waals surface area (Å²) in [4.78, 5) is 38.1. The lowest BCUT2D eigenvalue weighted by Crippen LogP contribution is -2.63. The van der Waals surface area contributed by atoms with Crippen molar-refractivity contribution in [3.63, 3.8) is 0 Å². The molecule has 1 amide bonds. The number of ether oxygens (including phenoxy) is 2. The van der Waals surface area contributed by atoms with Crippen LogP contribution in [-0.2, 0) is 14.3 Å². The van der Waals surface area contributed by atoms with Crippen LogP contribution >= 0.6 is 0 Å². The van der Waals surface area contributed by atoms with Crippen molar-refractivity contribution in [2.24, 2.45) is 20.7 Å². The third-order valence-corrected chi connectivity index (χ3v) is 4.84. The number of aliphatic imine (C=N–C) groups is 3. The van der Waals surface area contributed by atoms with Gasteiger partial charge in [-0.15, -0.1) is 0 Å². The molecule has 29 heavy (non-hydrogen) atoms. The van der Waals surface area contributed by atoms with Gasteiger partial charge in [0.05, 0.1) is 12.7 Å². The van der Waals surface area contributed by atoms with Gasteiger partial charge in [0.1, 0.15) is 24.4 Å². The van der Waals surface area contributed by atoms with E-state index in [1.54, 1.807) is 30.3 Å². The Labute approximate surface area is 165 Å². The number of aliphatic hydroxyl groups excluding tert-OH is 2. The van der Waals surface area contributed by atoms with E-state index in [1.165, 1.54) is 4.90 Å². The number of nitrogens with two attached hydrogens (primary N) is 1. The van der Waals surface area contributed by atoms with Gasteiger partial charge < -0.3 is 19.7 Å². The first-order valence-electron chi connectivity index (χ1n) is 8.92. The topological polar surface area (TPSA) is 159 Å². The summed E-state index contributed by atoms with van der Waals surface area (Å²) in [6.07, 6.45) is -1.72. The van der Waals surface area contributed by atoms with Crippen LogP contribution in [-0.4, -0.2) is 82.1 Å². The van der Waals surface area contributed by atoms with Gasteiger partial charge in [-0.1, -0.05) is 18.2 Å². The van der Waals surface area contributed by atoms with Crippen LogP contribution < -0.4 is 10.5 Å². The number of amidine groups is 1. The second-order valence-corrected chi connectivity index (χ2v) is 6.70. The molecule has 0 saturated carbocycles. The van der Waals surface area contributed by atoms with Crippen molar-refractivity contribution in [3.8, 4) is 5.75 Å². The van der Waals surface area contributed by atoms with Crippen LogP contribution in [0.2, 0.25) is 0 Å². The molecule has 4 N–H and O–H groups in total. The lowest BCUT2D eigenvalue weighted by Gasteiger charge is -2.36. The highest BCUT2D eigenvalue weighted by molar-refractivity contribution is 6.69. The number of aliphatic hydroxyl groups is 2. The van der Waals surface area contributed by atoms with Crippen molar-refractivity contribution in [3.05, 3.63) is 30.3 Å². The molecular formula is C18H19N5O6. The van der Waals surface area contributed by atoms with Gasteiger partial charge in [0, 0.05) is 6.42 Å². The summed E-state index contributed by atoms with van der Waals surface area (Å²) in [6, 6.07) is 8.67. The molecule has 1 saturated heterocycles. The molecule has 1 aromatic carbocycles. The first-order chi connectivity index (χ1) is 13.9. The number of amides is 1. The Morgan fingerprint density at radius 3 is 2.83 bits per heavy atom. The third-order valence-electron chi connectivity index (χ3n) is 4.84. The quantitative estimate of drug-likeness (QED) is 0.516. The summed E-state index contributed by atoms with van der Waals surface area (Å²) >= 11 is 0. The normalized spacial score (nSPS) is 30.8. The monoisotopic (exact) mass is 401 g/mol. The van der Waals surface area contributed by atoms with Crippen LogP contribution in [0.25, 0.3) is 0 Å². The number of carbonyl (C=O) groups excluding carboxylic acids is 2. The smallest absolute Gasteiger partial charge is 0.300 e. The Bertz CT molecular complexity index is 917. The Kier molecular flexibility index (Phi) is 4.96. The fourth-order valence-corrected chi connectivity index (χ4v) is 3.38. The number of ketones is 1. The van der Waals surface area contributed by atoms with Crippen LogP contribution in [0.1, 0.15) is 6.42 Å². The van der Waals surface area contributed by atoms with Crippen molar-refractivity contribution in [2.45, 2.75) is 30.6 Å². The Morgan fingerprint density at radius 1 is 1.38 bits per heavy atom. The number of carbonyl (C=O) groups is 2. The van der Waals surface area contributed by atoms with Gasteiger partial charge in [0.25, 0.3) is 5.79 Å². The molecule has 1 aromatic rings. The van der Waals surface area contributed by atoms with Gasteiger partial charge in [-0.3, -0.25) is 20.2 Å². The predicted molar refractivity (Wildman–Crippen MR) is 100 cm³/mol. The van der Waals surface area contributed by atoms with Gasteiger partial charge in [-0.05, 0) is 12.1 Å². The van der Waals surface area contributed by atoms with Crippen molar-refractivity contribution in [1.29, 1.82) is 0 Å². The molecule has 0 spiro atoms. The van der Waals surface area contributed by atoms with E-state index in [4.69, 9.17) is 15.2 Å². The highest BCUT2D eigenvalue weighted by Gasteiger charge is 2.56. The molecule has 3 aliphatic rings. The third kappa shape index (κ3) is 3.34. The summed E-state index contributed by atoms with van der Waals surface area (Å²) in [5.41, 5.74) is 6.17. The Hall–Kier alpha value is -2.99. The van der Waals surface area contributed by atoms with Gasteiger partial charge in [-0.2, -0.15) is 4.99 Å². The number of hydrogen-bond acceptors (Lipinski definition) is 10. The zero-order valence-electron chi connectivity index (χ0n) is 15.2. The summed E-state index contributed by atoms with van der Waals surface area (Å²) in [7, 11) is 0. The molecular weight excluding hydrogens is 382 g/mol. The first kappa shape index (κ1) is 19.3. The maximum atomic E-state index is 13.0. The standard InChI is InChI=1S/C18H19N5O6/c19-18(13(26)8-28-10-4-2-1-3-5-10)22-15-16(20-9-21-17(15)27)23(18)14-6-11(25)12(7-24)29-14/h1-5,9,11-12,14,24-25H,6-8,19H2/t11-,12+,14+,18?/m0/s1. The molecule has 0 aromatic heterocycles. The number of nitrogens with zero attached hydrogens (tertiary/aromatic N) is 4. The number of Topliss-reactive ketones (excluding diaryl/α,β-unsaturated/α-hetero) is 1. The van der Waals surface area contributed by atoms with Crippen LogP contribution in [0, 0.1) is 0 Å². The Balaban J connectivity index is 1.63. The fraction of sp³-hybridized carbons (Fsp3) is 0.389. The van der Waals surface area contributed by atoms with Crippen molar-refractivity contribution >= 4 is 29.6 Å². The lowest BCUT2D eigenvalue weighted by atomic mass is 10.1. The summed E-state index contributed by atoms with van der Waals surface area (Å²) in [5, 5.41) is 19.5. The van der Waals surface area contributed by atoms with Gasteiger partial charge in [0.15, 0.2) is 18.2 Å². The van der Waals surface area contributed by atoms with E-state index >= 15 is 0 Å². The SMILES string of the molecule is NC1(C(=O)COc2ccccc2)N=C2C(=O)N=CN=C2N1[C@H]1C[C@H](O)[C@@H](CO)O1. The van der Waals surface area contributed by atoms with E-state index in [2.05, 4.69) is 15.0 Å². The van der Waals surface area contributed by atoms with E-state index < -0.39 is 49.1 Å². The number of para-hydroxylation sites is 1. The molecule has 4 rings (SSSR count). The van der Waals surface area contributed by atoms with Crippen molar-refractivity contribution in [2.75, 3.05) is 13.2 Å². The second-order valence-electron chi connectivity index (χ2n) is 6.70. The van der Waals surface area contributed by atoms with Crippen LogP contribution in [0.3, 0.4) is 0 Å². The van der Waals surface area contributed by atoms with E-state index in [9.17, 15) is 19.8 Å². The average Bonchev–Trinajstić information content (AvgIpc) is 3.24. The molecule has 0 aliphatic carbocycles. The maximum absolute atomic E-state index is 13.0. The highest BCUT2D eigenvalue weighted by Crippen LogP contribution is 2.33. The molecule has 11 nitrogen and oxygen atoms in total. The minimum absolute atomic E-state index is 0.0244. The van der Waals surface area contributed by atoms with Crippen LogP contribution in [0.5, 0.6) is 5.75 Å². The predicted octanol–water partition coefficient (Wildman–Crippen LogP) is -1.56. The molecule has 3 heterocycles. The number of rotatable bonds is 6.